The Labute approximate surface area is 107 Å². The van der Waals surface area contributed by atoms with Gasteiger partial charge in [0.05, 0.1) is 5.56 Å². The third-order valence-electron chi connectivity index (χ3n) is 2.71. The number of ketones is 1. The van der Waals surface area contributed by atoms with Gasteiger partial charge in [-0.3, -0.25) is 15.2 Å². The predicted octanol–water partition coefficient (Wildman–Crippen LogP) is 2.33. The zero-order valence-corrected chi connectivity index (χ0v) is 10.1. The molecule has 0 aliphatic carbocycles. The molecule has 1 heterocycles. The highest BCUT2D eigenvalue weighted by molar-refractivity contribution is 6.10. The lowest BCUT2D eigenvalue weighted by molar-refractivity contribution is 0.0295. The Morgan fingerprint density at radius 1 is 1.32 bits per heavy atom. The fourth-order valence-electron chi connectivity index (χ4n) is 1.98. The smallest absolute Gasteiger partial charge is 0.163 e. The number of furan rings is 1. The van der Waals surface area contributed by atoms with E-state index in [-0.39, 0.29) is 44.7 Å². The second kappa shape index (κ2) is 4.52. The average molecular weight is 266 g/mol. The largest absolute Gasteiger partial charge is 0.769 e. The van der Waals surface area contributed by atoms with E-state index < -0.39 is 5.23 Å². The van der Waals surface area contributed by atoms with Crippen LogP contribution in [0.5, 0.6) is 0 Å². The van der Waals surface area contributed by atoms with Crippen LogP contribution in [-0.2, 0) is 0 Å². The van der Waals surface area contributed by atoms with Crippen molar-refractivity contribution in [1.82, 2.24) is 0 Å². The lowest BCUT2D eigenvalue weighted by Crippen LogP contribution is -2.12. The summed E-state index contributed by atoms with van der Waals surface area (Å²) in [5, 5.41) is 39.0. The van der Waals surface area contributed by atoms with Gasteiger partial charge in [0.25, 0.3) is 0 Å². The normalized spacial score (nSPS) is 10.8. The van der Waals surface area contributed by atoms with Gasteiger partial charge in [0.15, 0.2) is 11.4 Å². The maximum atomic E-state index is 11.5. The molecule has 0 unspecified atom stereocenters. The molecule has 0 atom stereocenters. The maximum absolute atomic E-state index is 11.5. The topological polar surface area (TPSA) is 123 Å². The molecule has 8 nitrogen and oxygen atoms in total. The van der Waals surface area contributed by atoms with Crippen LogP contribution in [0.4, 0.5) is 11.4 Å². The SMILES string of the molecule is CC(=O)c1c(C)oc2c(N(O)O)cc(N([O-])[O-])cc12. The summed E-state index contributed by atoms with van der Waals surface area (Å²) in [5.74, 6) is -0.0729. The molecule has 0 bridgehead atoms. The van der Waals surface area contributed by atoms with Gasteiger partial charge in [0.1, 0.15) is 11.4 Å². The second-order valence-corrected chi connectivity index (χ2v) is 3.98. The number of fused-ring (bicyclic) bond motifs is 1. The van der Waals surface area contributed by atoms with Gasteiger partial charge in [0, 0.05) is 11.1 Å². The Balaban J connectivity index is 2.87. The first-order valence-electron chi connectivity index (χ1n) is 5.23. The molecular weight excluding hydrogens is 256 g/mol. The number of hydrogen-bond acceptors (Lipinski definition) is 8. The van der Waals surface area contributed by atoms with Crippen molar-refractivity contribution in [3.8, 4) is 0 Å². The minimum Gasteiger partial charge on any atom is -0.769 e. The Hall–Kier alpha value is -2.13. The van der Waals surface area contributed by atoms with Crippen LogP contribution in [0, 0.1) is 17.3 Å². The minimum absolute atomic E-state index is 0.00157. The molecule has 0 spiro atoms. The summed E-state index contributed by atoms with van der Waals surface area (Å²) in [6.07, 6.45) is 0. The number of anilines is 2. The van der Waals surface area contributed by atoms with Crippen molar-refractivity contribution in [3.63, 3.8) is 0 Å². The molecule has 0 amide bonds. The van der Waals surface area contributed by atoms with Gasteiger partial charge in [-0.15, -0.1) is 5.23 Å². The standard InChI is InChI=1S/C11H10N2O6/c1-5(14)10-6(2)19-11-8(10)3-7(12(15)16)4-9(11)13(17)18/h3-4,17-18H,1-2H3/q-2. The number of benzene rings is 1. The summed E-state index contributed by atoms with van der Waals surface area (Å²) in [6.45, 7) is 2.82. The van der Waals surface area contributed by atoms with Gasteiger partial charge in [-0.25, -0.2) is 0 Å². The third-order valence-corrected chi connectivity index (χ3v) is 2.71. The first-order valence-corrected chi connectivity index (χ1v) is 5.23. The van der Waals surface area contributed by atoms with Crippen LogP contribution in [0.15, 0.2) is 16.5 Å². The van der Waals surface area contributed by atoms with Crippen molar-refractivity contribution in [2.24, 2.45) is 0 Å². The molecule has 0 fully saturated rings. The lowest BCUT2D eigenvalue weighted by Gasteiger charge is -2.37. The lowest BCUT2D eigenvalue weighted by atomic mass is 10.1. The van der Waals surface area contributed by atoms with Gasteiger partial charge in [-0.2, -0.15) is 0 Å². The highest BCUT2D eigenvalue weighted by Gasteiger charge is 2.20. The third kappa shape index (κ3) is 2.13. The van der Waals surface area contributed by atoms with E-state index in [1.54, 1.807) is 0 Å². The zero-order valence-electron chi connectivity index (χ0n) is 10.1. The van der Waals surface area contributed by atoms with Crippen LogP contribution in [0.25, 0.3) is 11.0 Å². The molecule has 0 radical (unpaired) electrons. The molecule has 2 N–H and O–H groups in total. The minimum atomic E-state index is -0.696. The summed E-state index contributed by atoms with van der Waals surface area (Å²) >= 11 is 0. The molecule has 1 aromatic heterocycles. The predicted molar refractivity (Wildman–Crippen MR) is 66.2 cm³/mol. The fourth-order valence-corrected chi connectivity index (χ4v) is 1.98. The molecule has 0 aliphatic rings. The van der Waals surface area contributed by atoms with E-state index in [0.29, 0.717) is 0 Å². The first kappa shape index (κ1) is 13.3. The summed E-state index contributed by atoms with van der Waals surface area (Å²) in [4.78, 5) is 11.5. The van der Waals surface area contributed by atoms with Crippen LogP contribution in [0.1, 0.15) is 23.0 Å². The van der Waals surface area contributed by atoms with Crippen molar-refractivity contribution in [2.45, 2.75) is 13.8 Å². The van der Waals surface area contributed by atoms with E-state index >= 15 is 0 Å². The summed E-state index contributed by atoms with van der Waals surface area (Å²) < 4.78 is 5.28. The fraction of sp³-hybridized carbons (Fsp3) is 0.182. The van der Waals surface area contributed by atoms with Crippen LogP contribution < -0.4 is 10.5 Å². The van der Waals surface area contributed by atoms with Crippen molar-refractivity contribution >= 4 is 28.1 Å². The van der Waals surface area contributed by atoms with Crippen LogP contribution in [0.2, 0.25) is 0 Å². The van der Waals surface area contributed by atoms with E-state index in [1.807, 2.05) is 0 Å². The summed E-state index contributed by atoms with van der Waals surface area (Å²) in [5.41, 5.74) is -0.501. The van der Waals surface area contributed by atoms with Crippen molar-refractivity contribution in [2.75, 3.05) is 10.5 Å². The van der Waals surface area contributed by atoms with Gasteiger partial charge < -0.3 is 20.1 Å². The summed E-state index contributed by atoms with van der Waals surface area (Å²) in [7, 11) is 0. The van der Waals surface area contributed by atoms with E-state index in [0.717, 1.165) is 12.1 Å². The molecule has 1 aromatic carbocycles. The monoisotopic (exact) mass is 266 g/mol. The number of nitrogens with zero attached hydrogens (tertiary/aromatic N) is 2. The van der Waals surface area contributed by atoms with E-state index in [2.05, 4.69) is 0 Å². The average Bonchev–Trinajstić information content (AvgIpc) is 2.62. The molecule has 102 valence electrons. The molecule has 0 saturated carbocycles. The highest BCUT2D eigenvalue weighted by atomic mass is 16.8. The second-order valence-electron chi connectivity index (χ2n) is 3.98. The Morgan fingerprint density at radius 3 is 2.42 bits per heavy atom. The van der Waals surface area contributed by atoms with E-state index in [9.17, 15) is 15.2 Å². The van der Waals surface area contributed by atoms with Gasteiger partial charge in [-0.1, -0.05) is 0 Å². The molecule has 2 aromatic rings. The summed E-state index contributed by atoms with van der Waals surface area (Å²) in [6, 6.07) is 2.10. The van der Waals surface area contributed by atoms with E-state index in [4.69, 9.17) is 14.8 Å². The first-order chi connectivity index (χ1) is 8.82. The van der Waals surface area contributed by atoms with Crippen LogP contribution >= 0.6 is 0 Å². The molecule has 0 saturated heterocycles. The molecular formula is C11H10N2O6-2. The molecule has 2 rings (SSSR count). The Bertz CT molecular complexity index is 646. The number of aryl methyl sites for hydroxylation is 1. The van der Waals surface area contributed by atoms with Crippen LogP contribution in [-0.4, -0.2) is 16.2 Å². The maximum Gasteiger partial charge on any atom is 0.163 e. The number of Topliss-reactive ketones (excluding diaryl/α,β-unsaturated/α-hetero) is 1. The quantitative estimate of drug-likeness (QED) is 0.640. The molecule has 0 aliphatic heterocycles. The van der Waals surface area contributed by atoms with Crippen LogP contribution in [0.3, 0.4) is 0 Å². The number of rotatable bonds is 3. The van der Waals surface area contributed by atoms with Gasteiger partial charge in [0.2, 0.25) is 0 Å². The molecule has 8 heteroatoms. The van der Waals surface area contributed by atoms with Gasteiger partial charge in [-0.05, 0) is 26.0 Å². The van der Waals surface area contributed by atoms with Crippen molar-refractivity contribution in [1.29, 1.82) is 0 Å². The Kier molecular flexibility index (Phi) is 3.16. The van der Waals surface area contributed by atoms with Crippen molar-refractivity contribution < 1.29 is 19.6 Å². The zero-order chi connectivity index (χ0) is 14.3. The number of carbonyl (C=O) groups excluding carboxylic acids is 1. The van der Waals surface area contributed by atoms with Crippen molar-refractivity contribution in [3.05, 3.63) is 33.9 Å². The van der Waals surface area contributed by atoms with Gasteiger partial charge >= 0.3 is 0 Å². The molecule has 19 heavy (non-hydrogen) atoms. The van der Waals surface area contributed by atoms with E-state index in [1.165, 1.54) is 13.8 Å². The highest BCUT2D eigenvalue weighted by Crippen LogP contribution is 2.36. The number of carbonyl (C=O) groups is 1. The Morgan fingerprint density at radius 2 is 1.95 bits per heavy atom. The number of hydrogen-bond donors (Lipinski definition) is 2.